The summed E-state index contributed by atoms with van der Waals surface area (Å²) in [6.45, 7) is -0.670. The second kappa shape index (κ2) is 8.88. The van der Waals surface area contributed by atoms with Crippen molar-refractivity contribution in [3.63, 3.8) is 0 Å². The monoisotopic (exact) mass is 386 g/mol. The van der Waals surface area contributed by atoms with Gasteiger partial charge in [0, 0.05) is 18.3 Å². The van der Waals surface area contributed by atoms with Crippen LogP contribution < -0.4 is 10.6 Å². The van der Waals surface area contributed by atoms with Gasteiger partial charge < -0.3 is 15.4 Å². The third-order valence-electron chi connectivity index (χ3n) is 4.49. The summed E-state index contributed by atoms with van der Waals surface area (Å²) in [5.41, 5.74) is 0.770. The summed E-state index contributed by atoms with van der Waals surface area (Å²) in [5, 5.41) is 4.91. The standard InChI is InChI=1S/C18H21F3N2O4/c1-22-16(25)11-6-8-12(9-7-11)23-15(24)10-27-17(26)13-4-2-3-5-14(13)18(19,20)21/h6-9,13-14H,2-5,10H2,1H3,(H,22,25)(H,23,24)/t13-,14+/m0/s1. The van der Waals surface area contributed by atoms with Gasteiger partial charge in [0.05, 0.1) is 11.8 Å². The Morgan fingerprint density at radius 2 is 1.74 bits per heavy atom. The summed E-state index contributed by atoms with van der Waals surface area (Å²) < 4.78 is 43.9. The zero-order valence-electron chi connectivity index (χ0n) is 14.8. The lowest BCUT2D eigenvalue weighted by atomic mass is 9.79. The first-order valence-corrected chi connectivity index (χ1v) is 8.57. The Morgan fingerprint density at radius 1 is 1.11 bits per heavy atom. The van der Waals surface area contributed by atoms with Gasteiger partial charge >= 0.3 is 12.1 Å². The Bertz CT molecular complexity index is 689. The number of hydrogen-bond donors (Lipinski definition) is 2. The lowest BCUT2D eigenvalue weighted by Gasteiger charge is -2.31. The highest BCUT2D eigenvalue weighted by atomic mass is 19.4. The van der Waals surface area contributed by atoms with Gasteiger partial charge in [0.25, 0.3) is 11.8 Å². The van der Waals surface area contributed by atoms with Gasteiger partial charge in [-0.15, -0.1) is 0 Å². The molecule has 6 nitrogen and oxygen atoms in total. The fourth-order valence-electron chi connectivity index (χ4n) is 3.09. The minimum Gasteiger partial charge on any atom is -0.455 e. The van der Waals surface area contributed by atoms with E-state index >= 15 is 0 Å². The van der Waals surface area contributed by atoms with Crippen LogP contribution in [-0.2, 0) is 14.3 Å². The van der Waals surface area contributed by atoms with Crippen LogP contribution in [0.4, 0.5) is 18.9 Å². The van der Waals surface area contributed by atoms with E-state index in [2.05, 4.69) is 10.6 Å². The molecule has 1 aliphatic rings. The van der Waals surface area contributed by atoms with Crippen LogP contribution in [0, 0.1) is 11.8 Å². The Balaban J connectivity index is 1.87. The highest BCUT2D eigenvalue weighted by Crippen LogP contribution is 2.41. The summed E-state index contributed by atoms with van der Waals surface area (Å²) in [6, 6.07) is 5.98. The number of benzene rings is 1. The molecule has 1 aromatic rings. The lowest BCUT2D eigenvalue weighted by Crippen LogP contribution is -2.38. The van der Waals surface area contributed by atoms with E-state index in [1.54, 1.807) is 0 Å². The SMILES string of the molecule is CNC(=O)c1ccc(NC(=O)COC(=O)[C@H]2CCCC[C@H]2C(F)(F)F)cc1. The quantitative estimate of drug-likeness (QED) is 0.762. The maximum Gasteiger partial charge on any atom is 0.392 e. The average Bonchev–Trinajstić information content (AvgIpc) is 2.65. The molecule has 148 valence electrons. The van der Waals surface area contributed by atoms with Crippen LogP contribution in [0.2, 0.25) is 0 Å². The Labute approximate surface area is 154 Å². The van der Waals surface area contributed by atoms with Gasteiger partial charge in [0.1, 0.15) is 0 Å². The molecular formula is C18H21F3N2O4. The molecule has 0 aromatic heterocycles. The maximum atomic E-state index is 13.0. The predicted octanol–water partition coefficient (Wildman–Crippen LogP) is 2.90. The van der Waals surface area contributed by atoms with Gasteiger partial charge in [-0.05, 0) is 37.1 Å². The summed E-state index contributed by atoms with van der Waals surface area (Å²) in [4.78, 5) is 35.3. The molecule has 0 unspecified atom stereocenters. The fraction of sp³-hybridized carbons (Fsp3) is 0.500. The molecule has 9 heteroatoms. The van der Waals surface area contributed by atoms with Crippen molar-refractivity contribution in [2.45, 2.75) is 31.9 Å². The van der Waals surface area contributed by atoms with Crippen molar-refractivity contribution in [3.05, 3.63) is 29.8 Å². The van der Waals surface area contributed by atoms with E-state index in [-0.39, 0.29) is 18.7 Å². The molecule has 0 heterocycles. The van der Waals surface area contributed by atoms with Crippen LogP contribution in [0.15, 0.2) is 24.3 Å². The van der Waals surface area contributed by atoms with Crippen molar-refractivity contribution in [3.8, 4) is 0 Å². The first-order valence-electron chi connectivity index (χ1n) is 8.57. The Morgan fingerprint density at radius 3 is 2.33 bits per heavy atom. The van der Waals surface area contributed by atoms with Crippen molar-refractivity contribution in [1.29, 1.82) is 0 Å². The van der Waals surface area contributed by atoms with Gasteiger partial charge in [0.15, 0.2) is 6.61 Å². The number of anilines is 1. The number of alkyl halides is 3. The van der Waals surface area contributed by atoms with E-state index in [1.807, 2.05) is 0 Å². The van der Waals surface area contributed by atoms with Gasteiger partial charge in [0.2, 0.25) is 0 Å². The normalized spacial score (nSPS) is 19.9. The van der Waals surface area contributed by atoms with Crippen LogP contribution in [0.25, 0.3) is 0 Å². The van der Waals surface area contributed by atoms with E-state index in [1.165, 1.54) is 31.3 Å². The molecule has 0 radical (unpaired) electrons. The molecule has 1 aromatic carbocycles. The highest BCUT2D eigenvalue weighted by molar-refractivity contribution is 5.96. The number of ether oxygens (including phenoxy) is 1. The van der Waals surface area contributed by atoms with E-state index in [4.69, 9.17) is 4.74 Å². The number of nitrogens with one attached hydrogen (secondary N) is 2. The number of rotatable bonds is 5. The maximum absolute atomic E-state index is 13.0. The van der Waals surface area contributed by atoms with E-state index < -0.39 is 36.5 Å². The first kappa shape index (κ1) is 20.7. The number of hydrogen-bond acceptors (Lipinski definition) is 4. The molecule has 0 aliphatic heterocycles. The molecule has 0 spiro atoms. The molecule has 1 fully saturated rings. The van der Waals surface area contributed by atoms with Crippen LogP contribution in [0.1, 0.15) is 36.0 Å². The van der Waals surface area contributed by atoms with Crippen LogP contribution >= 0.6 is 0 Å². The third-order valence-corrected chi connectivity index (χ3v) is 4.49. The summed E-state index contributed by atoms with van der Waals surface area (Å²) >= 11 is 0. The summed E-state index contributed by atoms with van der Waals surface area (Å²) in [7, 11) is 1.49. The topological polar surface area (TPSA) is 84.5 Å². The van der Waals surface area contributed by atoms with Gasteiger partial charge in [-0.25, -0.2) is 0 Å². The molecular weight excluding hydrogens is 365 g/mol. The molecule has 0 bridgehead atoms. The number of esters is 1. The number of halogens is 3. The predicted molar refractivity (Wildman–Crippen MR) is 90.9 cm³/mol. The van der Waals surface area contributed by atoms with Gasteiger partial charge in [-0.1, -0.05) is 12.8 Å². The van der Waals surface area contributed by atoms with Gasteiger partial charge in [-0.2, -0.15) is 13.2 Å². The highest BCUT2D eigenvalue weighted by Gasteiger charge is 2.48. The minimum atomic E-state index is -4.46. The molecule has 0 saturated heterocycles. The zero-order chi connectivity index (χ0) is 20.0. The molecule has 1 aliphatic carbocycles. The van der Waals surface area contributed by atoms with Crippen LogP contribution in [0.3, 0.4) is 0 Å². The first-order chi connectivity index (χ1) is 12.7. The average molecular weight is 386 g/mol. The molecule has 2 N–H and O–H groups in total. The van der Waals surface area contributed by atoms with Crippen LogP contribution in [0.5, 0.6) is 0 Å². The van der Waals surface area contributed by atoms with Crippen molar-refractivity contribution < 1.29 is 32.3 Å². The number of amides is 2. The number of carbonyl (C=O) groups is 3. The largest absolute Gasteiger partial charge is 0.455 e. The smallest absolute Gasteiger partial charge is 0.392 e. The molecule has 1 saturated carbocycles. The van der Waals surface area contributed by atoms with Crippen LogP contribution in [-0.4, -0.2) is 37.6 Å². The van der Waals surface area contributed by atoms with Crippen molar-refractivity contribution in [1.82, 2.24) is 5.32 Å². The molecule has 2 atom stereocenters. The van der Waals surface area contributed by atoms with Gasteiger partial charge in [-0.3, -0.25) is 14.4 Å². The van der Waals surface area contributed by atoms with Crippen molar-refractivity contribution in [2.24, 2.45) is 11.8 Å². The second-order valence-electron chi connectivity index (χ2n) is 6.35. The zero-order valence-corrected chi connectivity index (χ0v) is 14.8. The molecule has 2 amide bonds. The second-order valence-corrected chi connectivity index (χ2v) is 6.35. The van der Waals surface area contributed by atoms with Crippen molar-refractivity contribution >= 4 is 23.5 Å². The van der Waals surface area contributed by atoms with E-state index in [0.717, 1.165) is 0 Å². The third kappa shape index (κ3) is 5.70. The summed E-state index contributed by atoms with van der Waals surface area (Å²) in [5.74, 6) is -4.94. The van der Waals surface area contributed by atoms with E-state index in [0.29, 0.717) is 24.1 Å². The lowest BCUT2D eigenvalue weighted by molar-refractivity contribution is -0.204. The Hall–Kier alpha value is -2.58. The summed E-state index contributed by atoms with van der Waals surface area (Å²) in [6.07, 6.45) is -3.52. The minimum absolute atomic E-state index is 0.103. The fourth-order valence-corrected chi connectivity index (χ4v) is 3.09. The van der Waals surface area contributed by atoms with E-state index in [9.17, 15) is 27.6 Å². The molecule has 27 heavy (non-hydrogen) atoms. The molecule has 2 rings (SSSR count). The Kier molecular flexibility index (Phi) is 6.81. The van der Waals surface area contributed by atoms with Crippen molar-refractivity contribution in [2.75, 3.05) is 19.0 Å². The number of carbonyl (C=O) groups excluding carboxylic acids is 3.